The van der Waals surface area contributed by atoms with Crippen molar-refractivity contribution in [3.63, 3.8) is 0 Å². The lowest BCUT2D eigenvalue weighted by atomic mass is 9.97. The highest BCUT2D eigenvalue weighted by molar-refractivity contribution is 8.01. The first-order valence-electron chi connectivity index (χ1n) is 9.83. The molecule has 1 fully saturated rings. The summed E-state index contributed by atoms with van der Waals surface area (Å²) in [6, 6.07) is 6.03. The van der Waals surface area contributed by atoms with E-state index in [-0.39, 0.29) is 29.1 Å². The van der Waals surface area contributed by atoms with E-state index in [9.17, 15) is 19.8 Å². The van der Waals surface area contributed by atoms with Crippen molar-refractivity contribution in [2.45, 2.75) is 50.6 Å². The molecule has 160 valence electrons. The Labute approximate surface area is 181 Å². The van der Waals surface area contributed by atoms with Crippen LogP contribution in [0.2, 0.25) is 0 Å². The second-order valence-corrected chi connectivity index (χ2v) is 9.78. The Morgan fingerprint density at radius 3 is 2.79 bits per heavy atom. The quantitative estimate of drug-likeness (QED) is 0.361. The largest absolute Gasteiger partial charge is 0.481 e. The molecule has 3 unspecified atom stereocenters. The minimum absolute atomic E-state index is 0.0411. The summed E-state index contributed by atoms with van der Waals surface area (Å²) >= 11 is 2.89. The van der Waals surface area contributed by atoms with Gasteiger partial charge in [-0.05, 0) is 48.5 Å². The van der Waals surface area contributed by atoms with Crippen molar-refractivity contribution in [1.29, 1.82) is 0 Å². The van der Waals surface area contributed by atoms with Gasteiger partial charge in [0.25, 0.3) is 0 Å². The van der Waals surface area contributed by atoms with Crippen molar-refractivity contribution < 1.29 is 24.9 Å². The third-order valence-electron chi connectivity index (χ3n) is 5.18. The maximum Gasteiger partial charge on any atom is 0.313 e. The van der Waals surface area contributed by atoms with E-state index in [0.29, 0.717) is 6.42 Å². The number of carbonyl (C=O) groups excluding carboxylic acids is 1. The summed E-state index contributed by atoms with van der Waals surface area (Å²) in [7, 11) is 0. The molecule has 2 rings (SSSR count). The first-order valence-corrected chi connectivity index (χ1v) is 12.0. The number of thioether (sulfide) groups is 2. The van der Waals surface area contributed by atoms with Gasteiger partial charge in [-0.25, -0.2) is 0 Å². The van der Waals surface area contributed by atoms with Gasteiger partial charge >= 0.3 is 5.97 Å². The van der Waals surface area contributed by atoms with Crippen LogP contribution in [0.3, 0.4) is 0 Å². The Bertz CT molecular complexity index is 734. The van der Waals surface area contributed by atoms with E-state index >= 15 is 0 Å². The highest BCUT2D eigenvalue weighted by Gasteiger charge is 2.40. The molecule has 7 heteroatoms. The molecule has 4 atom stereocenters. The molecular formula is C22H30O5S2. The number of carbonyl (C=O) groups is 2. The number of aliphatic carboxylic acids is 1. The van der Waals surface area contributed by atoms with E-state index in [0.717, 1.165) is 23.5 Å². The monoisotopic (exact) mass is 438 g/mol. The molecule has 0 aromatic heterocycles. The molecule has 0 bridgehead atoms. The summed E-state index contributed by atoms with van der Waals surface area (Å²) < 4.78 is 0. The van der Waals surface area contributed by atoms with Crippen LogP contribution in [-0.4, -0.2) is 61.8 Å². The predicted octanol–water partition coefficient (Wildman–Crippen LogP) is 3.02. The van der Waals surface area contributed by atoms with E-state index in [4.69, 9.17) is 5.11 Å². The molecular weight excluding hydrogens is 408 g/mol. The van der Waals surface area contributed by atoms with Gasteiger partial charge in [-0.1, -0.05) is 30.4 Å². The molecule has 3 N–H and O–H groups in total. The Balaban J connectivity index is 1.87. The van der Waals surface area contributed by atoms with E-state index in [1.807, 2.05) is 32.0 Å². The number of ketones is 1. The Kier molecular flexibility index (Phi) is 9.75. The number of aliphatic hydroxyl groups excluding tert-OH is 2. The van der Waals surface area contributed by atoms with E-state index in [1.54, 1.807) is 12.2 Å². The molecule has 0 amide bonds. The lowest BCUT2D eigenvalue weighted by molar-refractivity contribution is -0.133. The second kappa shape index (κ2) is 11.8. The number of aliphatic hydroxyl groups is 2. The van der Waals surface area contributed by atoms with Crippen molar-refractivity contribution in [2.24, 2.45) is 5.92 Å². The molecule has 1 aromatic carbocycles. The smallest absolute Gasteiger partial charge is 0.313 e. The van der Waals surface area contributed by atoms with Gasteiger partial charge in [0.15, 0.2) is 0 Å². The van der Waals surface area contributed by atoms with Crippen molar-refractivity contribution in [3.05, 3.63) is 47.0 Å². The predicted molar refractivity (Wildman–Crippen MR) is 120 cm³/mol. The lowest BCUT2D eigenvalue weighted by Crippen LogP contribution is -2.22. The summed E-state index contributed by atoms with van der Waals surface area (Å²) in [6.07, 6.45) is 3.57. The summed E-state index contributed by atoms with van der Waals surface area (Å²) in [5.74, 6) is 0.492. The van der Waals surface area contributed by atoms with Crippen LogP contribution in [0, 0.1) is 19.8 Å². The molecule has 1 aliphatic rings. The second-order valence-electron chi connectivity index (χ2n) is 7.42. The molecule has 1 aromatic rings. The first kappa shape index (κ1) is 24.0. The number of hydrogen-bond acceptors (Lipinski definition) is 6. The molecule has 0 heterocycles. The van der Waals surface area contributed by atoms with Gasteiger partial charge < -0.3 is 15.3 Å². The Morgan fingerprint density at radius 2 is 2.07 bits per heavy atom. The topological polar surface area (TPSA) is 94.8 Å². The molecule has 1 saturated carbocycles. The molecule has 1 aliphatic carbocycles. The van der Waals surface area contributed by atoms with Crippen LogP contribution >= 0.6 is 23.5 Å². The highest BCUT2D eigenvalue weighted by atomic mass is 32.2. The maximum atomic E-state index is 12.3. The van der Waals surface area contributed by atoms with Gasteiger partial charge in [-0.3, -0.25) is 9.59 Å². The lowest BCUT2D eigenvalue weighted by Gasteiger charge is -2.18. The first-order chi connectivity index (χ1) is 13.8. The molecule has 0 radical (unpaired) electrons. The SMILES string of the molecule is Cc1cccc(CC(O)C=C[C@H]2C(O)CC(=O)C2SCCCSCC(=O)O)c1C. The average molecular weight is 439 g/mol. The highest BCUT2D eigenvalue weighted by Crippen LogP contribution is 2.34. The third kappa shape index (κ3) is 7.48. The number of carboxylic acid groups (broad SMARTS) is 1. The van der Waals surface area contributed by atoms with Gasteiger partial charge in [0.05, 0.1) is 23.2 Å². The molecule has 0 saturated heterocycles. The van der Waals surface area contributed by atoms with Crippen LogP contribution in [-0.2, 0) is 16.0 Å². The van der Waals surface area contributed by atoms with Crippen LogP contribution in [0.1, 0.15) is 29.5 Å². The number of rotatable bonds is 11. The summed E-state index contributed by atoms with van der Waals surface area (Å²) in [4.78, 5) is 22.8. The fourth-order valence-electron chi connectivity index (χ4n) is 3.42. The van der Waals surface area contributed by atoms with Crippen molar-refractivity contribution in [1.82, 2.24) is 0 Å². The minimum atomic E-state index is -0.818. The fourth-order valence-corrected chi connectivity index (χ4v) is 5.61. The Hall–Kier alpha value is -1.28. The van der Waals surface area contributed by atoms with E-state index in [1.165, 1.54) is 34.7 Å². The molecule has 0 aliphatic heterocycles. The zero-order valence-electron chi connectivity index (χ0n) is 16.9. The van der Waals surface area contributed by atoms with E-state index in [2.05, 4.69) is 0 Å². The zero-order valence-corrected chi connectivity index (χ0v) is 18.5. The summed E-state index contributed by atoms with van der Waals surface area (Å²) in [5.41, 5.74) is 3.45. The summed E-state index contributed by atoms with van der Waals surface area (Å²) in [6.45, 7) is 4.09. The van der Waals surface area contributed by atoms with Crippen LogP contribution in [0.5, 0.6) is 0 Å². The van der Waals surface area contributed by atoms with Gasteiger partial charge in [-0.2, -0.15) is 11.8 Å². The average Bonchev–Trinajstić information content (AvgIpc) is 2.92. The van der Waals surface area contributed by atoms with Gasteiger partial charge in [0.2, 0.25) is 0 Å². The van der Waals surface area contributed by atoms with Crippen LogP contribution in [0.4, 0.5) is 0 Å². The fraction of sp³-hybridized carbons (Fsp3) is 0.545. The zero-order chi connectivity index (χ0) is 21.4. The number of hydrogen-bond donors (Lipinski definition) is 3. The van der Waals surface area contributed by atoms with Gasteiger partial charge in [0, 0.05) is 18.8 Å². The van der Waals surface area contributed by atoms with Crippen LogP contribution in [0.15, 0.2) is 30.4 Å². The van der Waals surface area contributed by atoms with Crippen LogP contribution in [0.25, 0.3) is 0 Å². The standard InChI is InChI=1S/C22H30O5S2/c1-14-5-3-6-16(15(14)2)11-17(23)7-8-18-19(24)12-20(25)22(18)29-10-4-9-28-13-21(26)27/h3,5-8,17-19,22-24H,4,9-13H2,1-2H3,(H,26,27)/t17?,18-,19?,22?/m0/s1. The molecule has 5 nitrogen and oxygen atoms in total. The maximum absolute atomic E-state index is 12.3. The van der Waals surface area contributed by atoms with E-state index < -0.39 is 18.2 Å². The van der Waals surface area contributed by atoms with Crippen molar-refractivity contribution >= 4 is 35.3 Å². The van der Waals surface area contributed by atoms with Crippen molar-refractivity contribution in [2.75, 3.05) is 17.3 Å². The van der Waals surface area contributed by atoms with Gasteiger partial charge in [-0.15, -0.1) is 11.8 Å². The minimum Gasteiger partial charge on any atom is -0.481 e. The Morgan fingerprint density at radius 1 is 1.31 bits per heavy atom. The van der Waals surface area contributed by atoms with Crippen molar-refractivity contribution in [3.8, 4) is 0 Å². The number of benzene rings is 1. The number of Topliss-reactive ketones (excluding diaryl/α,β-unsaturated/α-hetero) is 1. The molecule has 0 spiro atoms. The third-order valence-corrected chi connectivity index (χ3v) is 7.67. The summed E-state index contributed by atoms with van der Waals surface area (Å²) in [5, 5.41) is 29.0. The normalized spacial score (nSPS) is 23.0. The number of carboxylic acids is 1. The number of aryl methyl sites for hydroxylation is 1. The van der Waals surface area contributed by atoms with Crippen LogP contribution < -0.4 is 0 Å². The molecule has 29 heavy (non-hydrogen) atoms. The van der Waals surface area contributed by atoms with Gasteiger partial charge in [0.1, 0.15) is 5.78 Å².